The Morgan fingerprint density at radius 2 is 1.77 bits per heavy atom. The van der Waals surface area contributed by atoms with Crippen molar-refractivity contribution in [1.82, 2.24) is 0 Å². The number of hydrogen-bond donors (Lipinski definition) is 0. The van der Waals surface area contributed by atoms with Gasteiger partial charge >= 0.3 is 0 Å². The Hall–Kier alpha value is -1.67. The van der Waals surface area contributed by atoms with E-state index in [4.69, 9.17) is 0 Å². The van der Waals surface area contributed by atoms with Gasteiger partial charge in [-0.2, -0.15) is 11.8 Å². The third kappa shape index (κ3) is 4.17. The van der Waals surface area contributed by atoms with Gasteiger partial charge in [0.05, 0.1) is 0 Å². The van der Waals surface area contributed by atoms with Gasteiger partial charge in [-0.05, 0) is 66.2 Å². The van der Waals surface area contributed by atoms with Gasteiger partial charge in [-0.3, -0.25) is 0 Å². The Balaban J connectivity index is 1.37. The summed E-state index contributed by atoms with van der Waals surface area (Å²) in [5, 5.41) is 0.751. The van der Waals surface area contributed by atoms with Gasteiger partial charge in [0.2, 0.25) is 0 Å². The average Bonchev–Trinajstić information content (AvgIpc) is 2.70. The van der Waals surface area contributed by atoms with Crippen molar-refractivity contribution in [1.29, 1.82) is 0 Å². The number of benzene rings is 2. The van der Waals surface area contributed by atoms with Gasteiger partial charge < -0.3 is 4.90 Å². The summed E-state index contributed by atoms with van der Waals surface area (Å²) in [6.45, 7) is 4.42. The average molecular weight is 364 g/mol. The van der Waals surface area contributed by atoms with E-state index in [2.05, 4.69) is 84.3 Å². The highest BCUT2D eigenvalue weighted by Gasteiger charge is 2.18. The minimum atomic E-state index is 0.719. The largest absolute Gasteiger partial charge is 0.367 e. The Morgan fingerprint density at radius 3 is 2.50 bits per heavy atom. The molecule has 2 atom stereocenters. The van der Waals surface area contributed by atoms with E-state index in [9.17, 15) is 0 Å². The van der Waals surface area contributed by atoms with Gasteiger partial charge in [-0.25, -0.2) is 0 Å². The molecule has 0 amide bonds. The van der Waals surface area contributed by atoms with E-state index in [1.54, 1.807) is 0 Å². The molecule has 1 nitrogen and oxygen atoms in total. The molecule has 0 spiro atoms. The van der Waals surface area contributed by atoms with E-state index < -0.39 is 0 Å². The van der Waals surface area contributed by atoms with Crippen LogP contribution in [0.4, 0.5) is 5.69 Å². The molecule has 0 fully saturated rings. The van der Waals surface area contributed by atoms with Crippen molar-refractivity contribution in [3.63, 3.8) is 0 Å². The Bertz CT molecular complexity index is 749. The maximum atomic E-state index is 2.51. The summed E-state index contributed by atoms with van der Waals surface area (Å²) >= 11 is 2.08. The summed E-state index contributed by atoms with van der Waals surface area (Å²) in [5.41, 5.74) is 5.84. The van der Waals surface area contributed by atoms with Crippen molar-refractivity contribution in [2.24, 2.45) is 5.92 Å². The van der Waals surface area contributed by atoms with Crippen LogP contribution in [0.25, 0.3) is 0 Å². The molecular formula is C24H29NS. The van der Waals surface area contributed by atoms with Crippen LogP contribution in [-0.4, -0.2) is 17.5 Å². The molecule has 1 heterocycles. The molecule has 26 heavy (non-hydrogen) atoms. The number of anilines is 1. The smallest absolute Gasteiger partial charge is 0.0432 e. The second-order valence-electron chi connectivity index (χ2n) is 7.53. The number of thioether (sulfide) groups is 1. The van der Waals surface area contributed by atoms with Crippen LogP contribution in [0.15, 0.2) is 60.7 Å². The molecule has 0 aromatic heterocycles. The number of nitrogens with zero attached hydrogens (tertiary/aromatic N) is 1. The molecule has 2 unspecified atom stereocenters. The van der Waals surface area contributed by atoms with E-state index in [1.165, 1.54) is 47.4 Å². The van der Waals surface area contributed by atoms with Crippen LogP contribution in [-0.2, 0) is 19.4 Å². The lowest BCUT2D eigenvalue weighted by molar-refractivity contribution is 0.543. The molecule has 0 N–H and O–H groups in total. The molecule has 1 aliphatic heterocycles. The number of allylic oxidation sites excluding steroid dienone is 1. The predicted octanol–water partition coefficient (Wildman–Crippen LogP) is 5.88. The molecule has 136 valence electrons. The maximum Gasteiger partial charge on any atom is 0.0432 e. The van der Waals surface area contributed by atoms with Gasteiger partial charge in [0.1, 0.15) is 0 Å². The van der Waals surface area contributed by atoms with Gasteiger partial charge in [0.25, 0.3) is 0 Å². The van der Waals surface area contributed by atoms with Crippen molar-refractivity contribution >= 4 is 17.4 Å². The normalized spacial score (nSPS) is 22.3. The monoisotopic (exact) mass is 363 g/mol. The molecule has 0 saturated heterocycles. The second kappa shape index (κ2) is 8.35. The summed E-state index contributed by atoms with van der Waals surface area (Å²) in [6, 6.07) is 18.2. The molecule has 2 aliphatic rings. The van der Waals surface area contributed by atoms with E-state index in [0.717, 1.165) is 30.7 Å². The first-order valence-electron chi connectivity index (χ1n) is 10.0. The molecule has 1 aliphatic carbocycles. The molecule has 2 aromatic rings. The third-order valence-corrected chi connectivity index (χ3v) is 6.88. The Kier molecular flexibility index (Phi) is 5.69. The zero-order valence-corrected chi connectivity index (χ0v) is 16.5. The van der Waals surface area contributed by atoms with E-state index in [1.807, 2.05) is 0 Å². The molecule has 0 bridgehead atoms. The van der Waals surface area contributed by atoms with Crippen LogP contribution < -0.4 is 4.90 Å². The van der Waals surface area contributed by atoms with Crippen LogP contribution >= 0.6 is 11.8 Å². The fourth-order valence-corrected chi connectivity index (χ4v) is 5.17. The molecule has 0 saturated carbocycles. The molecular weight excluding hydrogens is 334 g/mol. The highest BCUT2D eigenvalue weighted by Crippen LogP contribution is 2.29. The highest BCUT2D eigenvalue weighted by molar-refractivity contribution is 8.00. The second-order valence-corrected chi connectivity index (χ2v) is 9.04. The lowest BCUT2D eigenvalue weighted by Gasteiger charge is -2.31. The number of hydrogen-bond acceptors (Lipinski definition) is 2. The fraction of sp³-hybridized carbons (Fsp3) is 0.417. The lowest BCUT2D eigenvalue weighted by atomic mass is 9.90. The molecule has 4 rings (SSSR count). The lowest BCUT2D eigenvalue weighted by Crippen LogP contribution is -2.30. The van der Waals surface area contributed by atoms with Crippen LogP contribution in [0.1, 0.15) is 36.5 Å². The summed E-state index contributed by atoms with van der Waals surface area (Å²) in [5.74, 6) is 1.94. The summed E-state index contributed by atoms with van der Waals surface area (Å²) < 4.78 is 0. The Labute approximate surface area is 162 Å². The minimum absolute atomic E-state index is 0.719. The van der Waals surface area contributed by atoms with Crippen molar-refractivity contribution < 1.29 is 0 Å². The summed E-state index contributed by atoms with van der Waals surface area (Å²) in [6.07, 6.45) is 9.92. The fourth-order valence-electron chi connectivity index (χ4n) is 4.24. The first-order chi connectivity index (χ1) is 12.8. The zero-order valence-electron chi connectivity index (χ0n) is 15.7. The van der Waals surface area contributed by atoms with Gasteiger partial charge in [-0.1, -0.05) is 55.5 Å². The van der Waals surface area contributed by atoms with E-state index >= 15 is 0 Å². The third-order valence-electron chi connectivity index (χ3n) is 5.73. The topological polar surface area (TPSA) is 3.24 Å². The summed E-state index contributed by atoms with van der Waals surface area (Å²) in [4.78, 5) is 2.51. The van der Waals surface area contributed by atoms with Crippen LogP contribution in [0.5, 0.6) is 0 Å². The van der Waals surface area contributed by atoms with Gasteiger partial charge in [0.15, 0.2) is 0 Å². The minimum Gasteiger partial charge on any atom is -0.367 e. The molecule has 0 radical (unpaired) electrons. The number of rotatable bonds is 5. The quantitative estimate of drug-likeness (QED) is 0.610. The molecule has 2 heteroatoms. The van der Waals surface area contributed by atoms with Crippen molar-refractivity contribution in [2.45, 2.75) is 44.4 Å². The van der Waals surface area contributed by atoms with Gasteiger partial charge in [0, 0.05) is 24.0 Å². The van der Waals surface area contributed by atoms with Crippen molar-refractivity contribution in [3.8, 4) is 0 Å². The number of fused-ring (bicyclic) bond motifs is 1. The van der Waals surface area contributed by atoms with Crippen LogP contribution in [0, 0.1) is 5.92 Å². The predicted molar refractivity (Wildman–Crippen MR) is 115 cm³/mol. The van der Waals surface area contributed by atoms with Crippen molar-refractivity contribution in [3.05, 3.63) is 77.4 Å². The highest BCUT2D eigenvalue weighted by atomic mass is 32.2. The first kappa shape index (κ1) is 17.7. The van der Waals surface area contributed by atoms with E-state index in [-0.39, 0.29) is 0 Å². The standard InChI is InChI=1S/C24H29NS/c1-2-26-24-13-9-20(10-14-24)17-19-7-11-23(12-8-19)25-16-15-21-5-3-4-6-22(21)18-25/h3-9,11-13,20,24H,2,10,14-18H2,1H3. The van der Waals surface area contributed by atoms with Gasteiger partial charge in [-0.15, -0.1) is 0 Å². The molecule has 2 aromatic carbocycles. The zero-order chi connectivity index (χ0) is 17.8. The summed E-state index contributed by atoms with van der Waals surface area (Å²) in [7, 11) is 0. The van der Waals surface area contributed by atoms with E-state index in [0.29, 0.717) is 0 Å². The Morgan fingerprint density at radius 1 is 0.962 bits per heavy atom. The maximum absolute atomic E-state index is 2.51. The SMILES string of the molecule is CCSC1C=CC(Cc2ccc(N3CCc4ccccc4C3)cc2)CC1. The van der Waals surface area contributed by atoms with Crippen molar-refractivity contribution in [2.75, 3.05) is 17.2 Å². The van der Waals surface area contributed by atoms with Crippen LogP contribution in [0.3, 0.4) is 0 Å². The van der Waals surface area contributed by atoms with Crippen LogP contribution in [0.2, 0.25) is 0 Å². The first-order valence-corrected chi connectivity index (χ1v) is 11.1.